The molecule has 1 atom stereocenters. The maximum absolute atomic E-state index is 13.0. The lowest BCUT2D eigenvalue weighted by molar-refractivity contribution is -0.155. The summed E-state index contributed by atoms with van der Waals surface area (Å²) < 4.78 is 5.31. The van der Waals surface area contributed by atoms with E-state index in [2.05, 4.69) is 10.3 Å². The molecule has 8 nitrogen and oxygen atoms in total. The minimum absolute atomic E-state index is 0.00371. The summed E-state index contributed by atoms with van der Waals surface area (Å²) in [7, 11) is 1.81. The van der Waals surface area contributed by atoms with Gasteiger partial charge in [-0.05, 0) is 69.5 Å². The molecule has 0 fully saturated rings. The number of esters is 1. The fraction of sp³-hybridized carbons (Fsp3) is 0.417. The third-order valence-electron chi connectivity index (χ3n) is 5.21. The molecule has 3 N–H and O–H groups in total. The Morgan fingerprint density at radius 2 is 1.97 bits per heavy atom. The first-order chi connectivity index (χ1) is 15.0. The Morgan fingerprint density at radius 3 is 2.59 bits per heavy atom. The molecule has 2 amide bonds. The number of benzene rings is 1. The molecule has 2 heterocycles. The molecule has 1 aromatic heterocycles. The number of aromatic nitrogens is 1. The Kier molecular flexibility index (Phi) is 6.52. The van der Waals surface area contributed by atoms with Gasteiger partial charge >= 0.3 is 5.97 Å². The Labute approximate surface area is 188 Å². The number of pyridine rings is 1. The van der Waals surface area contributed by atoms with Gasteiger partial charge in [0.2, 0.25) is 5.91 Å². The van der Waals surface area contributed by atoms with Crippen LogP contribution in [0.15, 0.2) is 30.3 Å². The average Bonchev–Trinajstić information content (AvgIpc) is 3.01. The van der Waals surface area contributed by atoms with Crippen LogP contribution < -0.4 is 11.1 Å². The first-order valence-corrected chi connectivity index (χ1v) is 10.6. The van der Waals surface area contributed by atoms with Crippen LogP contribution in [0.1, 0.15) is 55.1 Å². The van der Waals surface area contributed by atoms with Crippen molar-refractivity contribution in [3.8, 4) is 11.3 Å². The number of nitrogens with two attached hydrogens (primary N) is 1. The second-order valence-corrected chi connectivity index (χ2v) is 9.01. The molecular formula is C24H30N4O4. The van der Waals surface area contributed by atoms with Gasteiger partial charge in [-0.15, -0.1) is 0 Å². The van der Waals surface area contributed by atoms with Crippen LogP contribution in [0.3, 0.4) is 0 Å². The summed E-state index contributed by atoms with van der Waals surface area (Å²) in [5, 5.41) is 3.05. The highest BCUT2D eigenvalue weighted by Gasteiger charge is 2.36. The van der Waals surface area contributed by atoms with Gasteiger partial charge in [-0.3, -0.25) is 14.4 Å². The van der Waals surface area contributed by atoms with E-state index in [4.69, 9.17) is 10.5 Å². The molecule has 3 rings (SSSR count). The van der Waals surface area contributed by atoms with E-state index in [-0.39, 0.29) is 25.3 Å². The van der Waals surface area contributed by atoms with Crippen LogP contribution in [0.4, 0.5) is 5.82 Å². The van der Waals surface area contributed by atoms with Crippen molar-refractivity contribution in [2.75, 3.05) is 12.4 Å². The molecule has 32 heavy (non-hydrogen) atoms. The number of anilines is 1. The van der Waals surface area contributed by atoms with E-state index in [0.717, 1.165) is 28.2 Å². The number of aryl methyl sites for hydroxylation is 1. The lowest BCUT2D eigenvalue weighted by atomic mass is 10.0. The largest absolute Gasteiger partial charge is 0.460 e. The molecule has 1 aliphatic rings. The van der Waals surface area contributed by atoms with Crippen LogP contribution in [-0.4, -0.2) is 46.4 Å². The fourth-order valence-electron chi connectivity index (χ4n) is 3.80. The lowest BCUT2D eigenvalue weighted by Gasteiger charge is -2.25. The summed E-state index contributed by atoms with van der Waals surface area (Å²) >= 11 is 0. The Bertz CT molecular complexity index is 1060. The van der Waals surface area contributed by atoms with Gasteiger partial charge in [-0.2, -0.15) is 0 Å². The zero-order valence-corrected chi connectivity index (χ0v) is 19.2. The third-order valence-corrected chi connectivity index (χ3v) is 5.21. The van der Waals surface area contributed by atoms with Crippen molar-refractivity contribution in [1.82, 2.24) is 9.88 Å². The van der Waals surface area contributed by atoms with Gasteiger partial charge in [0.05, 0.1) is 5.69 Å². The molecule has 0 bridgehead atoms. The minimum atomic E-state index is -0.890. The minimum Gasteiger partial charge on any atom is -0.460 e. The van der Waals surface area contributed by atoms with Gasteiger partial charge in [0.15, 0.2) is 0 Å². The standard InChI is InChI=1S/C24H30N4O4/c1-14-10-18(27-20(11-14)26-5)15-6-7-17-16(12-15)13-28(23(17)31)19(22(25)30)8-9-21(29)32-24(2,3)4/h6-7,10-12,19H,8-9,13H2,1-5H3,(H2,25,30)(H,26,27)/t19-/m0/s1. The van der Waals surface area contributed by atoms with Crippen molar-refractivity contribution in [1.29, 1.82) is 0 Å². The molecule has 0 saturated heterocycles. The van der Waals surface area contributed by atoms with E-state index in [9.17, 15) is 14.4 Å². The summed E-state index contributed by atoms with van der Waals surface area (Å²) in [4.78, 5) is 43.2. The highest BCUT2D eigenvalue weighted by Crippen LogP contribution is 2.31. The number of nitrogens with zero attached hydrogens (tertiary/aromatic N) is 2. The third kappa shape index (κ3) is 5.25. The number of carbonyl (C=O) groups excluding carboxylic acids is 3. The average molecular weight is 439 g/mol. The van der Waals surface area contributed by atoms with E-state index in [1.54, 1.807) is 26.8 Å². The van der Waals surface area contributed by atoms with E-state index in [0.29, 0.717) is 5.56 Å². The van der Waals surface area contributed by atoms with Gasteiger partial charge < -0.3 is 20.7 Å². The van der Waals surface area contributed by atoms with Crippen LogP contribution in [0.5, 0.6) is 0 Å². The molecule has 170 valence electrons. The van der Waals surface area contributed by atoms with Crippen LogP contribution in [0.25, 0.3) is 11.3 Å². The summed E-state index contributed by atoms with van der Waals surface area (Å²) in [6.45, 7) is 7.56. The monoisotopic (exact) mass is 438 g/mol. The SMILES string of the molecule is CNc1cc(C)cc(-c2ccc3c(c2)CN([C@@H](CCC(=O)OC(C)(C)C)C(N)=O)C3=O)n1. The number of fused-ring (bicyclic) bond motifs is 1. The first-order valence-electron chi connectivity index (χ1n) is 10.6. The van der Waals surface area contributed by atoms with Gasteiger partial charge in [0, 0.05) is 31.1 Å². The van der Waals surface area contributed by atoms with Crippen molar-refractivity contribution in [2.45, 2.75) is 58.7 Å². The molecule has 2 aromatic rings. The van der Waals surface area contributed by atoms with Crippen molar-refractivity contribution < 1.29 is 19.1 Å². The molecule has 0 spiro atoms. The van der Waals surface area contributed by atoms with Gasteiger partial charge in [0.25, 0.3) is 5.91 Å². The van der Waals surface area contributed by atoms with Crippen molar-refractivity contribution in [3.63, 3.8) is 0 Å². The van der Waals surface area contributed by atoms with Crippen LogP contribution in [0.2, 0.25) is 0 Å². The van der Waals surface area contributed by atoms with E-state index < -0.39 is 23.5 Å². The highest BCUT2D eigenvalue weighted by molar-refractivity contribution is 6.01. The first kappa shape index (κ1) is 23.2. The number of hydrogen-bond donors (Lipinski definition) is 2. The topological polar surface area (TPSA) is 115 Å². The number of nitrogens with one attached hydrogen (secondary N) is 1. The number of amides is 2. The molecular weight excluding hydrogens is 408 g/mol. The zero-order valence-electron chi connectivity index (χ0n) is 19.2. The molecule has 8 heteroatoms. The van der Waals surface area contributed by atoms with Crippen LogP contribution in [-0.2, 0) is 20.9 Å². The lowest BCUT2D eigenvalue weighted by Crippen LogP contribution is -2.45. The van der Waals surface area contributed by atoms with E-state index in [1.807, 2.05) is 38.2 Å². The summed E-state index contributed by atoms with van der Waals surface area (Å²) in [6.07, 6.45) is 0.109. The van der Waals surface area contributed by atoms with E-state index in [1.165, 1.54) is 4.90 Å². The second kappa shape index (κ2) is 8.98. The quantitative estimate of drug-likeness (QED) is 0.642. The Hall–Kier alpha value is -3.42. The predicted octanol–water partition coefficient (Wildman–Crippen LogP) is 3.03. The number of ether oxygens (including phenoxy) is 1. The number of rotatable bonds is 7. The number of carbonyl (C=O) groups is 3. The van der Waals surface area contributed by atoms with Gasteiger partial charge in [-0.1, -0.05) is 6.07 Å². The molecule has 0 aliphatic carbocycles. The smallest absolute Gasteiger partial charge is 0.306 e. The molecule has 0 radical (unpaired) electrons. The summed E-state index contributed by atoms with van der Waals surface area (Å²) in [5.41, 5.74) is 9.03. The van der Waals surface area contributed by atoms with Gasteiger partial charge in [0.1, 0.15) is 17.5 Å². The van der Waals surface area contributed by atoms with Crippen LogP contribution >= 0.6 is 0 Å². The molecule has 0 saturated carbocycles. The number of hydrogen-bond acceptors (Lipinski definition) is 6. The number of primary amides is 1. The van der Waals surface area contributed by atoms with Gasteiger partial charge in [-0.25, -0.2) is 4.98 Å². The fourth-order valence-corrected chi connectivity index (χ4v) is 3.80. The van der Waals surface area contributed by atoms with Crippen molar-refractivity contribution in [2.24, 2.45) is 5.73 Å². The summed E-state index contributed by atoms with van der Waals surface area (Å²) in [6, 6.07) is 8.55. The highest BCUT2D eigenvalue weighted by atomic mass is 16.6. The van der Waals surface area contributed by atoms with Crippen molar-refractivity contribution >= 4 is 23.6 Å². The maximum atomic E-state index is 13.0. The zero-order chi connectivity index (χ0) is 23.6. The molecule has 1 aromatic carbocycles. The maximum Gasteiger partial charge on any atom is 0.306 e. The second-order valence-electron chi connectivity index (χ2n) is 9.01. The normalized spacial score (nSPS) is 14.2. The molecule has 0 unspecified atom stereocenters. The molecule has 1 aliphatic heterocycles. The van der Waals surface area contributed by atoms with E-state index >= 15 is 0 Å². The Balaban J connectivity index is 1.80. The van der Waals surface area contributed by atoms with Crippen LogP contribution in [0, 0.1) is 6.92 Å². The van der Waals surface area contributed by atoms with Crippen molar-refractivity contribution in [3.05, 3.63) is 47.0 Å². The Morgan fingerprint density at radius 1 is 1.25 bits per heavy atom. The summed E-state index contributed by atoms with van der Waals surface area (Å²) in [5.74, 6) is -0.586. The predicted molar refractivity (Wildman–Crippen MR) is 122 cm³/mol.